The molecule has 0 fully saturated rings. The van der Waals surface area contributed by atoms with Crippen LogP contribution in [0.25, 0.3) is 50.4 Å². The molecule has 0 heterocycles. The van der Waals surface area contributed by atoms with Gasteiger partial charge in [-0.3, -0.25) is 0 Å². The molecule has 0 amide bonds. The van der Waals surface area contributed by atoms with Crippen LogP contribution in [-0.2, 0) is 0 Å². The molecule has 1 aliphatic rings. The van der Waals surface area contributed by atoms with E-state index in [1.165, 1.54) is 49.9 Å². The van der Waals surface area contributed by atoms with E-state index < -0.39 is 0 Å². The predicted octanol–water partition coefficient (Wildman–Crippen LogP) is 14.1. The summed E-state index contributed by atoms with van der Waals surface area (Å²) in [5.41, 5.74) is 15.0. The van der Waals surface area contributed by atoms with E-state index in [2.05, 4.69) is 196 Å². The molecule has 0 saturated carbocycles. The van der Waals surface area contributed by atoms with Crippen molar-refractivity contribution in [1.29, 1.82) is 0 Å². The van der Waals surface area contributed by atoms with Crippen LogP contribution in [0.2, 0.25) is 0 Å². The zero-order valence-electron chi connectivity index (χ0n) is 30.7. The minimum atomic E-state index is 0.437. The van der Waals surface area contributed by atoms with Crippen LogP contribution in [0.15, 0.2) is 206 Å². The maximum atomic E-state index is 5.24. The zero-order valence-corrected chi connectivity index (χ0v) is 30.7. The zero-order chi connectivity index (χ0) is 36.7. The number of nitrogens with zero attached hydrogens (tertiary/aromatic N) is 1. The second kappa shape index (κ2) is 16.0. The van der Waals surface area contributed by atoms with E-state index in [4.69, 9.17) is 4.99 Å². The quantitative estimate of drug-likeness (QED) is 0.126. The van der Waals surface area contributed by atoms with Crippen molar-refractivity contribution in [2.45, 2.75) is 19.8 Å². The van der Waals surface area contributed by atoms with E-state index in [-0.39, 0.29) is 0 Å². The van der Waals surface area contributed by atoms with Crippen LogP contribution in [0.4, 0.5) is 0 Å². The van der Waals surface area contributed by atoms with Gasteiger partial charge in [0.2, 0.25) is 0 Å². The molecule has 1 unspecified atom stereocenters. The number of allylic oxidation sites excluding steroid dienone is 5. The van der Waals surface area contributed by atoms with E-state index in [9.17, 15) is 0 Å². The van der Waals surface area contributed by atoms with Crippen LogP contribution in [0.5, 0.6) is 0 Å². The van der Waals surface area contributed by atoms with Crippen molar-refractivity contribution in [3.05, 3.63) is 234 Å². The molecule has 8 rings (SSSR count). The first-order chi connectivity index (χ1) is 26.7. The summed E-state index contributed by atoms with van der Waals surface area (Å²) in [4.78, 5) is 5.24. The van der Waals surface area contributed by atoms with E-state index >= 15 is 0 Å². The van der Waals surface area contributed by atoms with Crippen LogP contribution in [0.3, 0.4) is 0 Å². The molecule has 0 saturated heterocycles. The summed E-state index contributed by atoms with van der Waals surface area (Å²) in [6.07, 6.45) is 8.86. The lowest BCUT2D eigenvalue weighted by Gasteiger charge is -2.30. The number of hydrogen-bond acceptors (Lipinski definition) is 1. The lowest BCUT2D eigenvalue weighted by atomic mass is 9.74. The van der Waals surface area contributed by atoms with Crippen LogP contribution >= 0.6 is 0 Å². The third-order valence-electron chi connectivity index (χ3n) is 10.5. The Morgan fingerprint density at radius 1 is 0.593 bits per heavy atom. The molecular formula is C53H43N. The van der Waals surface area contributed by atoms with Gasteiger partial charge < -0.3 is 0 Å². The Labute approximate surface area is 319 Å². The van der Waals surface area contributed by atoms with Gasteiger partial charge in [0.05, 0.1) is 11.4 Å². The monoisotopic (exact) mass is 693 g/mol. The molecule has 0 aliphatic heterocycles. The van der Waals surface area contributed by atoms with Gasteiger partial charge in [-0.2, -0.15) is 0 Å². The number of aliphatic imine (C=N–C) groups is 1. The molecule has 0 spiro atoms. The standard InChI is InChI=1S/C53H43N/c1-3-40-33-34-50(53(45-24-14-7-15-25-45)52(40)44-22-12-6-13-23-44)48-35-36-49(47-27-17-16-26-46(47)48)51(54-38(2)41-18-8-4-9-19-41)37-30-39-28-31-43(32-29-39)42-20-10-5-11-21-42/h4-32,34-37,40H,2-3,33H2,1H3/b37-30+,54-51+. The highest BCUT2D eigenvalue weighted by Crippen LogP contribution is 2.48. The first kappa shape index (κ1) is 34.5. The lowest BCUT2D eigenvalue weighted by Crippen LogP contribution is -2.11. The first-order valence-corrected chi connectivity index (χ1v) is 18.9. The molecule has 0 N–H and O–H groups in total. The normalized spacial score (nSPS) is 14.7. The van der Waals surface area contributed by atoms with Crippen molar-refractivity contribution in [3.63, 3.8) is 0 Å². The summed E-state index contributed by atoms with van der Waals surface area (Å²) < 4.78 is 0. The topological polar surface area (TPSA) is 12.4 Å². The van der Waals surface area contributed by atoms with Crippen LogP contribution in [0, 0.1) is 5.92 Å². The van der Waals surface area contributed by atoms with Gasteiger partial charge in [-0.1, -0.05) is 208 Å². The van der Waals surface area contributed by atoms with Gasteiger partial charge in [0, 0.05) is 5.56 Å². The Kier molecular flexibility index (Phi) is 10.2. The third-order valence-corrected chi connectivity index (χ3v) is 10.5. The van der Waals surface area contributed by atoms with Gasteiger partial charge in [-0.15, -0.1) is 0 Å². The molecule has 1 aliphatic carbocycles. The highest BCUT2D eigenvalue weighted by Gasteiger charge is 2.27. The van der Waals surface area contributed by atoms with Crippen molar-refractivity contribution in [3.8, 4) is 11.1 Å². The summed E-state index contributed by atoms with van der Waals surface area (Å²) >= 11 is 0. The minimum Gasteiger partial charge on any atom is -0.248 e. The number of hydrogen-bond donors (Lipinski definition) is 0. The fraction of sp³-hybridized carbons (Fsp3) is 0.0755. The Bertz CT molecular complexity index is 2520. The average molecular weight is 694 g/mol. The van der Waals surface area contributed by atoms with Crippen LogP contribution < -0.4 is 0 Å². The maximum absolute atomic E-state index is 5.24. The van der Waals surface area contributed by atoms with Crippen molar-refractivity contribution in [2.24, 2.45) is 10.9 Å². The summed E-state index contributed by atoms with van der Waals surface area (Å²) in [6, 6.07) is 64.7. The Balaban J connectivity index is 1.26. The fourth-order valence-electron chi connectivity index (χ4n) is 7.74. The molecular weight excluding hydrogens is 651 g/mol. The highest BCUT2D eigenvalue weighted by molar-refractivity contribution is 6.23. The summed E-state index contributed by atoms with van der Waals surface area (Å²) in [7, 11) is 0. The molecule has 0 bridgehead atoms. The van der Waals surface area contributed by atoms with Gasteiger partial charge in [-0.25, -0.2) is 4.99 Å². The second-order valence-electron chi connectivity index (χ2n) is 13.8. The molecule has 260 valence electrons. The number of fused-ring (bicyclic) bond motifs is 1. The predicted molar refractivity (Wildman–Crippen MR) is 233 cm³/mol. The molecule has 0 aromatic heterocycles. The third kappa shape index (κ3) is 7.22. The van der Waals surface area contributed by atoms with E-state index in [1.807, 2.05) is 18.2 Å². The molecule has 1 atom stereocenters. The molecule has 7 aromatic carbocycles. The van der Waals surface area contributed by atoms with Crippen LogP contribution in [-0.4, -0.2) is 5.71 Å². The SMILES string of the molecule is C=C(/N=C(\C=C\c1ccc(-c2ccccc2)cc1)c1ccc(C2=CCC(CC)C(c3ccccc3)=C2c2ccccc2)c2ccccc12)c1ccccc1. The Hall–Kier alpha value is -6.57. The first-order valence-electron chi connectivity index (χ1n) is 18.9. The molecule has 0 radical (unpaired) electrons. The van der Waals surface area contributed by atoms with E-state index in [1.54, 1.807) is 0 Å². The molecule has 1 heteroatoms. The smallest absolute Gasteiger partial charge is 0.0715 e. The molecule has 54 heavy (non-hydrogen) atoms. The summed E-state index contributed by atoms with van der Waals surface area (Å²) in [5, 5.41) is 2.36. The number of benzene rings is 7. The van der Waals surface area contributed by atoms with Gasteiger partial charge in [0.25, 0.3) is 0 Å². The van der Waals surface area contributed by atoms with E-state index in [0.29, 0.717) is 5.92 Å². The minimum absolute atomic E-state index is 0.437. The highest BCUT2D eigenvalue weighted by atomic mass is 14.8. The largest absolute Gasteiger partial charge is 0.248 e. The van der Waals surface area contributed by atoms with Crippen molar-refractivity contribution < 1.29 is 0 Å². The second-order valence-corrected chi connectivity index (χ2v) is 13.8. The number of rotatable bonds is 10. The summed E-state index contributed by atoms with van der Waals surface area (Å²) in [6.45, 7) is 6.73. The summed E-state index contributed by atoms with van der Waals surface area (Å²) in [5.74, 6) is 0.437. The average Bonchev–Trinajstić information content (AvgIpc) is 3.25. The van der Waals surface area contributed by atoms with Crippen molar-refractivity contribution >= 4 is 45.0 Å². The lowest BCUT2D eigenvalue weighted by molar-refractivity contribution is 0.655. The van der Waals surface area contributed by atoms with Gasteiger partial charge >= 0.3 is 0 Å². The Morgan fingerprint density at radius 3 is 1.80 bits per heavy atom. The fourth-order valence-corrected chi connectivity index (χ4v) is 7.74. The van der Waals surface area contributed by atoms with E-state index in [0.717, 1.165) is 46.3 Å². The van der Waals surface area contributed by atoms with Crippen LogP contribution in [0.1, 0.15) is 53.1 Å². The van der Waals surface area contributed by atoms with Crippen molar-refractivity contribution in [1.82, 2.24) is 0 Å². The van der Waals surface area contributed by atoms with Gasteiger partial charge in [0.1, 0.15) is 0 Å². The molecule has 7 aromatic rings. The maximum Gasteiger partial charge on any atom is 0.0715 e. The van der Waals surface area contributed by atoms with Gasteiger partial charge in [0.15, 0.2) is 0 Å². The molecule has 1 nitrogen and oxygen atoms in total. The van der Waals surface area contributed by atoms with Gasteiger partial charge in [-0.05, 0) is 91.3 Å². The van der Waals surface area contributed by atoms with Crippen molar-refractivity contribution in [2.75, 3.05) is 0 Å². The Morgan fingerprint density at radius 2 is 1.15 bits per heavy atom.